The zero-order chi connectivity index (χ0) is 8.81. The van der Waals surface area contributed by atoms with Crippen LogP contribution >= 0.6 is 0 Å². The van der Waals surface area contributed by atoms with Crippen molar-refractivity contribution < 1.29 is 4.84 Å². The van der Waals surface area contributed by atoms with Gasteiger partial charge in [0.25, 0.3) is 0 Å². The molecule has 0 aliphatic carbocycles. The number of hydrogen-bond acceptors (Lipinski definition) is 3. The molecular formula is C8H10N2O2. The van der Waals surface area contributed by atoms with Crippen molar-refractivity contribution in [2.75, 3.05) is 7.11 Å². The van der Waals surface area contributed by atoms with Crippen molar-refractivity contribution in [1.29, 1.82) is 0 Å². The van der Waals surface area contributed by atoms with Gasteiger partial charge in [0.1, 0.15) is 0 Å². The molecule has 1 aromatic rings. The van der Waals surface area contributed by atoms with E-state index in [0.29, 0.717) is 6.54 Å². The van der Waals surface area contributed by atoms with Crippen LogP contribution < -0.4 is 0 Å². The lowest BCUT2D eigenvalue weighted by molar-refractivity contribution is -0.140. The third-order valence-corrected chi connectivity index (χ3v) is 1.46. The van der Waals surface area contributed by atoms with Crippen LogP contribution in [-0.4, -0.2) is 12.3 Å². The van der Waals surface area contributed by atoms with Crippen LogP contribution in [0.5, 0.6) is 0 Å². The van der Waals surface area contributed by atoms with Gasteiger partial charge < -0.3 is 0 Å². The highest BCUT2D eigenvalue weighted by Crippen LogP contribution is 2.03. The van der Waals surface area contributed by atoms with Gasteiger partial charge >= 0.3 is 0 Å². The second-order valence-corrected chi connectivity index (χ2v) is 2.26. The molecule has 0 bridgehead atoms. The Balaban J connectivity index is 2.56. The van der Waals surface area contributed by atoms with Gasteiger partial charge in [-0.3, -0.25) is 4.84 Å². The maximum absolute atomic E-state index is 10.1. The van der Waals surface area contributed by atoms with Gasteiger partial charge in [0.15, 0.2) is 0 Å². The van der Waals surface area contributed by atoms with E-state index in [9.17, 15) is 4.91 Å². The average molecular weight is 166 g/mol. The van der Waals surface area contributed by atoms with Crippen LogP contribution in [0.15, 0.2) is 35.6 Å². The fraction of sp³-hybridized carbons (Fsp3) is 0.250. The first kappa shape index (κ1) is 8.67. The molecule has 4 nitrogen and oxygen atoms in total. The summed E-state index contributed by atoms with van der Waals surface area (Å²) in [6.07, 6.45) is 0. The molecule has 0 unspecified atom stereocenters. The first-order chi connectivity index (χ1) is 5.86. The highest BCUT2D eigenvalue weighted by Gasteiger charge is 2.00. The number of hydroxylamine groups is 1. The minimum absolute atomic E-state index is 0.376. The highest BCUT2D eigenvalue weighted by molar-refractivity contribution is 5.13. The average Bonchev–Trinajstić information content (AvgIpc) is 2.16. The third kappa shape index (κ3) is 2.32. The predicted molar refractivity (Wildman–Crippen MR) is 44.8 cm³/mol. The van der Waals surface area contributed by atoms with Gasteiger partial charge in [0.05, 0.1) is 18.9 Å². The number of benzene rings is 1. The molecule has 0 aliphatic heterocycles. The molecule has 1 rings (SSSR count). The molecular weight excluding hydrogens is 156 g/mol. The molecule has 0 aliphatic rings. The molecule has 1 aromatic carbocycles. The Labute approximate surface area is 70.7 Å². The number of hydrogen-bond donors (Lipinski definition) is 0. The third-order valence-electron chi connectivity index (χ3n) is 1.46. The molecule has 64 valence electrons. The van der Waals surface area contributed by atoms with E-state index in [-0.39, 0.29) is 0 Å². The molecule has 0 heterocycles. The summed E-state index contributed by atoms with van der Waals surface area (Å²) >= 11 is 0. The molecule has 0 fully saturated rings. The second-order valence-electron chi connectivity index (χ2n) is 2.26. The standard InChI is InChI=1S/C8H10N2O2/c1-12-10(9-11)7-8-5-3-2-4-6-8/h2-6H,7H2,1H3. The fourth-order valence-corrected chi connectivity index (χ4v) is 0.866. The Hall–Kier alpha value is -1.42. The van der Waals surface area contributed by atoms with Crippen molar-refractivity contribution in [2.45, 2.75) is 6.54 Å². The summed E-state index contributed by atoms with van der Waals surface area (Å²) in [5, 5.41) is 3.64. The first-order valence-corrected chi connectivity index (χ1v) is 3.55. The van der Waals surface area contributed by atoms with Gasteiger partial charge in [-0.2, -0.15) is 0 Å². The molecule has 4 heteroatoms. The van der Waals surface area contributed by atoms with Crippen molar-refractivity contribution >= 4 is 0 Å². The lowest BCUT2D eigenvalue weighted by atomic mass is 10.2. The molecule has 0 saturated heterocycles. The van der Waals surface area contributed by atoms with E-state index >= 15 is 0 Å². The van der Waals surface area contributed by atoms with Gasteiger partial charge in [-0.25, -0.2) is 0 Å². The van der Waals surface area contributed by atoms with Crippen molar-refractivity contribution in [3.63, 3.8) is 0 Å². The quantitative estimate of drug-likeness (QED) is 0.505. The lowest BCUT2D eigenvalue weighted by Crippen LogP contribution is -2.13. The number of nitroso groups, excluding NO2 is 1. The first-order valence-electron chi connectivity index (χ1n) is 3.55. The van der Waals surface area contributed by atoms with Crippen LogP contribution in [0.4, 0.5) is 0 Å². The van der Waals surface area contributed by atoms with Crippen LogP contribution in [0.2, 0.25) is 0 Å². The summed E-state index contributed by atoms with van der Waals surface area (Å²) in [5.41, 5.74) is 0.985. The van der Waals surface area contributed by atoms with Gasteiger partial charge in [-0.05, 0) is 5.56 Å². The predicted octanol–water partition coefficient (Wildman–Crippen LogP) is 1.73. The van der Waals surface area contributed by atoms with Gasteiger partial charge in [0, 0.05) is 0 Å². The minimum Gasteiger partial charge on any atom is -0.257 e. The van der Waals surface area contributed by atoms with E-state index in [4.69, 9.17) is 0 Å². The molecule has 0 radical (unpaired) electrons. The smallest absolute Gasteiger partial charge is 0.0931 e. The lowest BCUT2D eigenvalue weighted by Gasteiger charge is -2.10. The van der Waals surface area contributed by atoms with E-state index in [0.717, 1.165) is 10.7 Å². The van der Waals surface area contributed by atoms with Gasteiger partial charge in [0.2, 0.25) is 0 Å². The Morgan fingerprint density at radius 1 is 1.42 bits per heavy atom. The summed E-state index contributed by atoms with van der Waals surface area (Å²) in [7, 11) is 1.41. The van der Waals surface area contributed by atoms with Crippen molar-refractivity contribution in [3.05, 3.63) is 40.8 Å². The van der Waals surface area contributed by atoms with E-state index in [1.807, 2.05) is 30.3 Å². The largest absolute Gasteiger partial charge is 0.257 e. The zero-order valence-corrected chi connectivity index (χ0v) is 6.80. The van der Waals surface area contributed by atoms with E-state index in [1.165, 1.54) is 7.11 Å². The molecule has 0 N–H and O–H groups in total. The second kappa shape index (κ2) is 4.46. The maximum atomic E-state index is 10.1. The molecule has 0 aromatic heterocycles. The SMILES string of the molecule is CON(Cc1ccccc1)N=O. The minimum atomic E-state index is 0.376. The van der Waals surface area contributed by atoms with Crippen LogP contribution in [0.3, 0.4) is 0 Å². The van der Waals surface area contributed by atoms with Crippen LogP contribution in [-0.2, 0) is 11.4 Å². The summed E-state index contributed by atoms with van der Waals surface area (Å²) in [5.74, 6) is 0. The zero-order valence-electron chi connectivity index (χ0n) is 6.80. The Kier molecular flexibility index (Phi) is 3.22. The molecule has 0 amide bonds. The van der Waals surface area contributed by atoms with Gasteiger partial charge in [-0.1, -0.05) is 30.3 Å². The molecule has 0 spiro atoms. The highest BCUT2D eigenvalue weighted by atomic mass is 16.7. The van der Waals surface area contributed by atoms with E-state index in [1.54, 1.807) is 0 Å². The normalized spacial score (nSPS) is 9.42. The van der Waals surface area contributed by atoms with Crippen molar-refractivity contribution in [2.24, 2.45) is 5.29 Å². The summed E-state index contributed by atoms with van der Waals surface area (Å²) in [6.45, 7) is 0.376. The van der Waals surface area contributed by atoms with Crippen LogP contribution in [0.1, 0.15) is 5.56 Å². The van der Waals surface area contributed by atoms with E-state index < -0.39 is 0 Å². The summed E-state index contributed by atoms with van der Waals surface area (Å²) in [4.78, 5) is 14.7. The Morgan fingerprint density at radius 2 is 2.08 bits per heavy atom. The monoisotopic (exact) mass is 166 g/mol. The van der Waals surface area contributed by atoms with E-state index in [2.05, 4.69) is 10.1 Å². The van der Waals surface area contributed by atoms with Crippen LogP contribution in [0.25, 0.3) is 0 Å². The molecule has 0 atom stereocenters. The Bertz CT molecular complexity index is 238. The maximum Gasteiger partial charge on any atom is 0.0931 e. The van der Waals surface area contributed by atoms with Crippen molar-refractivity contribution in [3.8, 4) is 0 Å². The van der Waals surface area contributed by atoms with Gasteiger partial charge in [-0.15, -0.1) is 10.1 Å². The summed E-state index contributed by atoms with van der Waals surface area (Å²) < 4.78 is 0. The fourth-order valence-electron chi connectivity index (χ4n) is 0.866. The van der Waals surface area contributed by atoms with Crippen LogP contribution in [0, 0.1) is 4.91 Å². The summed E-state index contributed by atoms with van der Waals surface area (Å²) in [6, 6.07) is 9.51. The molecule has 0 saturated carbocycles. The number of nitrogens with zero attached hydrogens (tertiary/aromatic N) is 2. The topological polar surface area (TPSA) is 41.9 Å². The molecule has 12 heavy (non-hydrogen) atoms. The number of rotatable bonds is 4. The van der Waals surface area contributed by atoms with Crippen molar-refractivity contribution in [1.82, 2.24) is 5.17 Å². The Morgan fingerprint density at radius 3 is 2.58 bits per heavy atom.